The van der Waals surface area contributed by atoms with Crippen molar-refractivity contribution in [3.8, 4) is 27.9 Å². The van der Waals surface area contributed by atoms with Crippen LogP contribution < -0.4 is 16.2 Å². The van der Waals surface area contributed by atoms with Crippen molar-refractivity contribution in [1.29, 1.82) is 0 Å². The summed E-state index contributed by atoms with van der Waals surface area (Å²) in [6.07, 6.45) is 0. The molecule has 0 atom stereocenters. The van der Waals surface area contributed by atoms with Gasteiger partial charge >= 0.3 is 0 Å². The minimum Gasteiger partial charge on any atom is -0.354 e. The number of hydrogen-bond donors (Lipinski definition) is 1. The molecule has 47 heavy (non-hydrogen) atoms. The highest BCUT2D eigenvalue weighted by atomic mass is 15.0. The summed E-state index contributed by atoms with van der Waals surface area (Å²) < 4.78 is 2.54. The van der Waals surface area contributed by atoms with Gasteiger partial charge in [0, 0.05) is 44.2 Å². The normalized spacial score (nSPS) is 13.8. The van der Waals surface area contributed by atoms with Gasteiger partial charge in [-0.1, -0.05) is 135 Å². The number of anilines is 2. The lowest BCUT2D eigenvalue weighted by Gasteiger charge is -2.28. The van der Waals surface area contributed by atoms with Gasteiger partial charge in [-0.2, -0.15) is 0 Å². The zero-order chi connectivity index (χ0) is 31.4. The molecule has 0 saturated heterocycles. The van der Waals surface area contributed by atoms with Crippen LogP contribution in [0.2, 0.25) is 0 Å². The number of fused-ring (bicyclic) bond motifs is 9. The van der Waals surface area contributed by atoms with Gasteiger partial charge in [0.05, 0.1) is 11.2 Å². The van der Waals surface area contributed by atoms with Crippen LogP contribution in [0.25, 0.3) is 60.5 Å². The summed E-state index contributed by atoms with van der Waals surface area (Å²) in [6, 6.07) is 49.6. The number of nitrogens with one attached hydrogen (secondary N) is 1. The van der Waals surface area contributed by atoms with Crippen LogP contribution in [-0.2, 0) is 5.41 Å². The Morgan fingerprint density at radius 3 is 2.26 bits per heavy atom. The van der Waals surface area contributed by atoms with Crippen molar-refractivity contribution in [3.05, 3.63) is 150 Å². The Kier molecular flexibility index (Phi) is 5.39. The summed E-state index contributed by atoms with van der Waals surface area (Å²) in [6.45, 7) is 6.93. The maximum absolute atomic E-state index is 4.05. The highest BCUT2D eigenvalue weighted by molar-refractivity contribution is 6.74. The first-order chi connectivity index (χ1) is 23.0. The Bertz CT molecular complexity index is 2620. The molecule has 0 unspecified atom stereocenters. The molecule has 2 aliphatic rings. The molecule has 3 heteroatoms. The Balaban J connectivity index is 1.36. The van der Waals surface area contributed by atoms with Crippen molar-refractivity contribution in [3.63, 3.8) is 0 Å². The molecule has 10 rings (SSSR count). The quantitative estimate of drug-likeness (QED) is 0.200. The molecule has 0 fully saturated rings. The van der Waals surface area contributed by atoms with Crippen molar-refractivity contribution in [2.75, 3.05) is 5.32 Å². The molecule has 0 amide bonds. The first kappa shape index (κ1) is 26.7. The van der Waals surface area contributed by atoms with Crippen molar-refractivity contribution in [1.82, 2.24) is 4.57 Å². The van der Waals surface area contributed by atoms with E-state index in [1.807, 2.05) is 0 Å². The highest BCUT2D eigenvalue weighted by Gasteiger charge is 2.38. The maximum Gasteiger partial charge on any atom is 0.198 e. The van der Waals surface area contributed by atoms with Crippen LogP contribution in [0.1, 0.15) is 30.5 Å². The lowest BCUT2D eigenvalue weighted by molar-refractivity contribution is 0.660. The predicted molar refractivity (Wildman–Crippen MR) is 202 cm³/mol. The van der Waals surface area contributed by atoms with Gasteiger partial charge < -0.3 is 9.88 Å². The van der Waals surface area contributed by atoms with Gasteiger partial charge in [0.1, 0.15) is 0 Å². The molecule has 2 heterocycles. The third kappa shape index (κ3) is 3.57. The predicted octanol–water partition coefficient (Wildman–Crippen LogP) is 9.66. The molecule has 0 bridgehead atoms. The van der Waals surface area contributed by atoms with Crippen LogP contribution in [0.5, 0.6) is 0 Å². The van der Waals surface area contributed by atoms with E-state index < -0.39 is 0 Å². The minimum atomic E-state index is -0.0978. The van der Waals surface area contributed by atoms with Crippen molar-refractivity contribution in [2.45, 2.75) is 26.2 Å². The van der Waals surface area contributed by atoms with Crippen molar-refractivity contribution in [2.24, 2.45) is 0 Å². The van der Waals surface area contributed by atoms with Crippen LogP contribution in [-0.4, -0.2) is 11.8 Å². The van der Waals surface area contributed by atoms with Gasteiger partial charge in [-0.3, -0.25) is 0 Å². The molecule has 2 nitrogen and oxygen atoms in total. The number of aromatic nitrogens is 1. The number of para-hydroxylation sites is 3. The monoisotopic (exact) mass is 600 g/mol. The van der Waals surface area contributed by atoms with Crippen LogP contribution in [0.4, 0.5) is 11.4 Å². The lowest BCUT2D eigenvalue weighted by Crippen LogP contribution is -2.37. The number of nitrogens with zero attached hydrogens (tertiary/aromatic N) is 1. The van der Waals surface area contributed by atoms with Gasteiger partial charge in [-0.05, 0) is 69.2 Å². The summed E-state index contributed by atoms with van der Waals surface area (Å²) in [5, 5.41) is 9.23. The summed E-state index contributed by atoms with van der Waals surface area (Å²) in [4.78, 5) is 0. The average molecular weight is 601 g/mol. The summed E-state index contributed by atoms with van der Waals surface area (Å²) in [7, 11) is 0.881. The standard InChI is InChI=1S/C44H33BN2/c1-26-13-4-10-21-36(26)46-42-32(23-24-34-40(42)31-17-7-9-19-33(31)44(34,2)3)39-28-15-6-5-14-27(28)25-38-41(39)45-35-20-12-18-30-29-16-8-11-22-37(29)47(38)43(30)35/h4-25,45-46H,1-3H3. The third-order valence-corrected chi connectivity index (χ3v) is 10.9. The molecule has 222 valence electrons. The lowest BCUT2D eigenvalue weighted by atomic mass is 9.58. The van der Waals surface area contributed by atoms with Crippen LogP contribution >= 0.6 is 0 Å². The Hall–Kier alpha value is -5.54. The van der Waals surface area contributed by atoms with E-state index in [0.717, 1.165) is 13.0 Å². The van der Waals surface area contributed by atoms with Gasteiger partial charge in [0.2, 0.25) is 0 Å². The van der Waals surface area contributed by atoms with E-state index in [4.69, 9.17) is 0 Å². The van der Waals surface area contributed by atoms with Gasteiger partial charge in [0.15, 0.2) is 7.28 Å². The Labute approximate surface area is 275 Å². The fraction of sp³-hybridized carbons (Fsp3) is 0.0909. The van der Waals surface area contributed by atoms with E-state index in [-0.39, 0.29) is 5.41 Å². The topological polar surface area (TPSA) is 17.0 Å². The molecule has 1 N–H and O–H groups in total. The number of rotatable bonds is 3. The highest BCUT2D eigenvalue weighted by Crippen LogP contribution is 2.54. The first-order valence-electron chi connectivity index (χ1n) is 16.7. The van der Waals surface area contributed by atoms with Crippen molar-refractivity contribution < 1.29 is 0 Å². The first-order valence-corrected chi connectivity index (χ1v) is 16.7. The van der Waals surface area contributed by atoms with E-state index in [9.17, 15) is 0 Å². The van der Waals surface area contributed by atoms with Crippen molar-refractivity contribution >= 4 is 62.2 Å². The largest absolute Gasteiger partial charge is 0.354 e. The van der Waals surface area contributed by atoms with E-state index in [2.05, 4.69) is 164 Å². The maximum atomic E-state index is 4.05. The molecule has 0 saturated carbocycles. The summed E-state index contributed by atoms with van der Waals surface area (Å²) >= 11 is 0. The molecule has 7 aromatic carbocycles. The van der Waals surface area contributed by atoms with E-state index in [1.54, 1.807) is 0 Å². The molecule has 8 aromatic rings. The molecule has 1 aromatic heterocycles. The second-order valence-corrected chi connectivity index (χ2v) is 13.8. The Morgan fingerprint density at radius 1 is 0.617 bits per heavy atom. The zero-order valence-corrected chi connectivity index (χ0v) is 26.9. The molecular formula is C44H33BN2. The fourth-order valence-electron chi connectivity index (χ4n) is 8.72. The van der Waals surface area contributed by atoms with Crippen LogP contribution in [0.15, 0.2) is 133 Å². The molecule has 0 radical (unpaired) electrons. The molecule has 1 aliphatic heterocycles. The summed E-state index contributed by atoms with van der Waals surface area (Å²) in [5.74, 6) is 0. The smallest absolute Gasteiger partial charge is 0.198 e. The van der Waals surface area contributed by atoms with Gasteiger partial charge in [-0.25, -0.2) is 0 Å². The molecular weight excluding hydrogens is 567 g/mol. The number of hydrogen-bond acceptors (Lipinski definition) is 1. The second kappa shape index (κ2) is 9.50. The SMILES string of the molecule is Cc1ccccc1Nc1c(-c2c3c(cc4ccccc24)-n2c4ccccc4c4cccc(c42)B3)ccc2c1-c1ccccc1C2(C)C. The third-order valence-electron chi connectivity index (χ3n) is 10.9. The second-order valence-electron chi connectivity index (χ2n) is 13.8. The van der Waals surface area contributed by atoms with E-state index >= 15 is 0 Å². The van der Waals surface area contributed by atoms with E-state index in [0.29, 0.717) is 0 Å². The fourth-order valence-corrected chi connectivity index (χ4v) is 8.72. The van der Waals surface area contributed by atoms with E-state index in [1.165, 1.54) is 93.8 Å². The summed E-state index contributed by atoms with van der Waals surface area (Å²) in [5.41, 5.74) is 18.1. The van der Waals surface area contributed by atoms with Crippen LogP contribution in [0.3, 0.4) is 0 Å². The zero-order valence-electron chi connectivity index (χ0n) is 26.9. The van der Waals surface area contributed by atoms with Gasteiger partial charge in [-0.15, -0.1) is 0 Å². The average Bonchev–Trinajstić information content (AvgIpc) is 3.56. The number of benzene rings is 7. The molecule has 0 spiro atoms. The van der Waals surface area contributed by atoms with Gasteiger partial charge in [0.25, 0.3) is 0 Å². The number of aryl methyl sites for hydroxylation is 1. The van der Waals surface area contributed by atoms with Crippen LogP contribution in [0, 0.1) is 6.92 Å². The molecule has 1 aliphatic carbocycles. The minimum absolute atomic E-state index is 0.0978. The Morgan fingerprint density at radius 2 is 1.36 bits per heavy atom.